The van der Waals surface area contributed by atoms with Gasteiger partial charge in [0.05, 0.1) is 12.8 Å². The van der Waals surface area contributed by atoms with Crippen LogP contribution in [0.25, 0.3) is 0 Å². The average Bonchev–Trinajstić information content (AvgIpc) is 2.49. The van der Waals surface area contributed by atoms with Crippen LogP contribution in [-0.4, -0.2) is 24.7 Å². The number of nitrogens with two attached hydrogens (primary N) is 2. The van der Waals surface area contributed by atoms with Crippen molar-refractivity contribution in [2.24, 2.45) is 21.5 Å². The highest BCUT2D eigenvalue weighted by Crippen LogP contribution is 2.42. The molecule has 0 atom stereocenters. The summed E-state index contributed by atoms with van der Waals surface area (Å²) >= 11 is 3.60. The third kappa shape index (κ3) is 2.54. The van der Waals surface area contributed by atoms with E-state index in [2.05, 4.69) is 25.9 Å². The molecule has 0 saturated heterocycles. The van der Waals surface area contributed by atoms with Crippen LogP contribution in [0, 0.1) is 0 Å². The first kappa shape index (κ1) is 15.1. The number of hydrogen-bond acceptors (Lipinski definition) is 6. The smallest absolute Gasteiger partial charge is 0.220 e. The second-order valence-electron chi connectivity index (χ2n) is 5.64. The van der Waals surface area contributed by atoms with Gasteiger partial charge in [0, 0.05) is 10.5 Å². The van der Waals surface area contributed by atoms with Gasteiger partial charge in [0.25, 0.3) is 0 Å². The highest BCUT2D eigenvalue weighted by molar-refractivity contribution is 9.10. The maximum absolute atomic E-state index is 6.22. The van der Waals surface area contributed by atoms with Crippen molar-refractivity contribution < 1.29 is 4.74 Å². The van der Waals surface area contributed by atoms with E-state index in [-0.39, 0.29) is 5.96 Å². The molecule has 0 aromatic heterocycles. The molecule has 1 heterocycles. The lowest BCUT2D eigenvalue weighted by Gasteiger charge is -2.45. The standard InChI is InChI=1S/C15H20BrN5O/c1-22-10-5-6-11(16)12(9-10)21-14(18)19-13(17)20-15(21)7-3-2-4-8-15/h5-6,9H,2-4,7-8H2,1H3,(H4,17,18,19,20). The lowest BCUT2D eigenvalue weighted by Crippen LogP contribution is -2.58. The lowest BCUT2D eigenvalue weighted by molar-refractivity contribution is 0.305. The summed E-state index contributed by atoms with van der Waals surface area (Å²) in [6.07, 6.45) is 5.23. The molecule has 6 nitrogen and oxygen atoms in total. The van der Waals surface area contributed by atoms with Gasteiger partial charge in [-0.15, -0.1) is 0 Å². The van der Waals surface area contributed by atoms with Crippen molar-refractivity contribution in [2.75, 3.05) is 12.0 Å². The molecule has 1 aromatic carbocycles. The van der Waals surface area contributed by atoms with E-state index in [1.807, 2.05) is 23.1 Å². The summed E-state index contributed by atoms with van der Waals surface area (Å²) < 4.78 is 6.27. The fourth-order valence-corrected chi connectivity index (χ4v) is 3.68. The summed E-state index contributed by atoms with van der Waals surface area (Å²) in [5.41, 5.74) is 12.6. The first-order chi connectivity index (χ1) is 10.6. The second-order valence-corrected chi connectivity index (χ2v) is 6.49. The highest BCUT2D eigenvalue weighted by Gasteiger charge is 2.43. The Morgan fingerprint density at radius 2 is 1.95 bits per heavy atom. The maximum Gasteiger partial charge on any atom is 0.220 e. The Labute approximate surface area is 138 Å². The molecule has 0 bridgehead atoms. The number of ether oxygens (including phenoxy) is 1. The Morgan fingerprint density at radius 3 is 2.64 bits per heavy atom. The van der Waals surface area contributed by atoms with Crippen LogP contribution in [0.3, 0.4) is 0 Å². The number of guanidine groups is 2. The summed E-state index contributed by atoms with van der Waals surface area (Å²) in [6, 6.07) is 5.79. The van der Waals surface area contributed by atoms with Gasteiger partial charge in [-0.25, -0.2) is 4.99 Å². The molecule has 2 aliphatic rings. The van der Waals surface area contributed by atoms with Crippen molar-refractivity contribution in [3.05, 3.63) is 22.7 Å². The topological polar surface area (TPSA) is 89.2 Å². The van der Waals surface area contributed by atoms with Gasteiger partial charge in [0.15, 0.2) is 0 Å². The van der Waals surface area contributed by atoms with Crippen molar-refractivity contribution >= 4 is 33.5 Å². The van der Waals surface area contributed by atoms with Crippen molar-refractivity contribution in [1.29, 1.82) is 0 Å². The highest BCUT2D eigenvalue weighted by atomic mass is 79.9. The molecule has 3 rings (SSSR count). The van der Waals surface area contributed by atoms with Crippen LogP contribution >= 0.6 is 15.9 Å². The Kier molecular flexibility index (Phi) is 3.99. The predicted molar refractivity (Wildman–Crippen MR) is 92.2 cm³/mol. The largest absolute Gasteiger partial charge is 0.497 e. The third-order valence-electron chi connectivity index (χ3n) is 4.25. The fraction of sp³-hybridized carbons (Fsp3) is 0.467. The van der Waals surface area contributed by atoms with Gasteiger partial charge in [0.2, 0.25) is 11.9 Å². The predicted octanol–water partition coefficient (Wildman–Crippen LogP) is 2.57. The number of nitrogens with zero attached hydrogens (tertiary/aromatic N) is 3. The van der Waals surface area contributed by atoms with E-state index in [1.165, 1.54) is 6.42 Å². The summed E-state index contributed by atoms with van der Waals surface area (Å²) in [6.45, 7) is 0. The summed E-state index contributed by atoms with van der Waals surface area (Å²) in [4.78, 5) is 10.8. The molecule has 1 aliphatic carbocycles. The molecule has 0 amide bonds. The minimum Gasteiger partial charge on any atom is -0.497 e. The fourth-order valence-electron chi connectivity index (χ4n) is 3.26. The van der Waals surface area contributed by atoms with E-state index in [1.54, 1.807) is 7.11 Å². The Bertz CT molecular complexity index is 637. The van der Waals surface area contributed by atoms with Gasteiger partial charge in [-0.05, 0) is 53.7 Å². The molecule has 1 aromatic rings. The molecule has 22 heavy (non-hydrogen) atoms. The van der Waals surface area contributed by atoms with E-state index >= 15 is 0 Å². The van der Waals surface area contributed by atoms with Crippen molar-refractivity contribution in [3.8, 4) is 5.75 Å². The zero-order chi connectivity index (χ0) is 15.7. The van der Waals surface area contributed by atoms with Gasteiger partial charge in [-0.2, -0.15) is 4.99 Å². The van der Waals surface area contributed by atoms with Crippen molar-refractivity contribution in [3.63, 3.8) is 0 Å². The van der Waals surface area contributed by atoms with E-state index in [0.29, 0.717) is 5.96 Å². The normalized spacial score (nSPS) is 20.5. The van der Waals surface area contributed by atoms with Crippen molar-refractivity contribution in [2.45, 2.75) is 37.8 Å². The summed E-state index contributed by atoms with van der Waals surface area (Å²) in [5.74, 6) is 1.40. The molecule has 0 radical (unpaired) electrons. The number of rotatable bonds is 2. The van der Waals surface area contributed by atoms with Crippen LogP contribution in [0.5, 0.6) is 5.75 Å². The number of aliphatic imine (C=N–C) groups is 2. The third-order valence-corrected chi connectivity index (χ3v) is 4.92. The lowest BCUT2D eigenvalue weighted by atomic mass is 9.87. The Morgan fingerprint density at radius 1 is 1.23 bits per heavy atom. The molecule has 1 saturated carbocycles. The number of anilines is 1. The molecular weight excluding hydrogens is 346 g/mol. The van der Waals surface area contributed by atoms with E-state index in [0.717, 1.165) is 41.6 Å². The minimum absolute atomic E-state index is 0.259. The number of halogens is 1. The molecule has 7 heteroatoms. The van der Waals surface area contributed by atoms with Gasteiger partial charge in [-0.1, -0.05) is 6.42 Å². The van der Waals surface area contributed by atoms with E-state index in [9.17, 15) is 0 Å². The Balaban J connectivity index is 2.12. The number of methoxy groups -OCH3 is 1. The molecule has 1 aliphatic heterocycles. The minimum atomic E-state index is -0.441. The summed E-state index contributed by atoms with van der Waals surface area (Å²) in [5, 5.41) is 0. The van der Waals surface area contributed by atoms with E-state index < -0.39 is 5.66 Å². The van der Waals surface area contributed by atoms with E-state index in [4.69, 9.17) is 16.2 Å². The first-order valence-electron chi connectivity index (χ1n) is 7.39. The molecule has 1 fully saturated rings. The average molecular weight is 366 g/mol. The van der Waals surface area contributed by atoms with Crippen LogP contribution in [0.2, 0.25) is 0 Å². The molecular formula is C15H20BrN5O. The maximum atomic E-state index is 6.22. The SMILES string of the molecule is COc1ccc(Br)c(N2C(N)=NC(N)=NC23CCCCC3)c1. The Hall–Kier alpha value is -1.76. The number of hydrogen-bond donors (Lipinski definition) is 2. The zero-order valence-corrected chi connectivity index (χ0v) is 14.1. The van der Waals surface area contributed by atoms with Gasteiger partial charge in [-0.3, -0.25) is 4.90 Å². The summed E-state index contributed by atoms with van der Waals surface area (Å²) in [7, 11) is 1.65. The quantitative estimate of drug-likeness (QED) is 0.842. The van der Waals surface area contributed by atoms with Crippen LogP contribution in [0.1, 0.15) is 32.1 Å². The van der Waals surface area contributed by atoms with Gasteiger partial charge < -0.3 is 16.2 Å². The second kappa shape index (κ2) is 5.79. The molecule has 4 N–H and O–H groups in total. The van der Waals surface area contributed by atoms with Crippen LogP contribution in [-0.2, 0) is 0 Å². The molecule has 0 unspecified atom stereocenters. The number of benzene rings is 1. The van der Waals surface area contributed by atoms with Crippen LogP contribution < -0.4 is 21.1 Å². The zero-order valence-electron chi connectivity index (χ0n) is 12.6. The van der Waals surface area contributed by atoms with Gasteiger partial charge in [0.1, 0.15) is 11.4 Å². The first-order valence-corrected chi connectivity index (χ1v) is 8.18. The van der Waals surface area contributed by atoms with Crippen LogP contribution in [0.4, 0.5) is 5.69 Å². The van der Waals surface area contributed by atoms with Crippen molar-refractivity contribution in [1.82, 2.24) is 0 Å². The molecule has 118 valence electrons. The van der Waals surface area contributed by atoms with Gasteiger partial charge >= 0.3 is 0 Å². The monoisotopic (exact) mass is 365 g/mol. The molecule has 1 spiro atoms. The van der Waals surface area contributed by atoms with Crippen LogP contribution in [0.15, 0.2) is 32.7 Å².